The van der Waals surface area contributed by atoms with Gasteiger partial charge in [0.25, 0.3) is 0 Å². The van der Waals surface area contributed by atoms with Crippen LogP contribution in [0.3, 0.4) is 0 Å². The normalized spacial score (nSPS) is 14.1. The van der Waals surface area contributed by atoms with E-state index in [1.54, 1.807) is 10.4 Å². The highest BCUT2D eigenvalue weighted by Crippen LogP contribution is 2.30. The molecule has 2 rings (SSSR count). The molecule has 0 amide bonds. The molecular formula is C13H19NS. The third-order valence-electron chi connectivity index (χ3n) is 2.86. The number of hydrogen-bond acceptors (Lipinski definition) is 2. The highest BCUT2D eigenvalue weighted by atomic mass is 32.1. The minimum Gasteiger partial charge on any atom is -0.312 e. The lowest BCUT2D eigenvalue weighted by molar-refractivity contribution is 0.660. The molecule has 1 heterocycles. The van der Waals surface area contributed by atoms with Gasteiger partial charge in [-0.05, 0) is 50.3 Å². The van der Waals surface area contributed by atoms with Crippen molar-refractivity contribution < 1.29 is 0 Å². The Bertz CT molecular complexity index is 306. The van der Waals surface area contributed by atoms with Crippen LogP contribution in [-0.4, -0.2) is 6.54 Å². The average Bonchev–Trinajstić information content (AvgIpc) is 2.77. The fourth-order valence-corrected chi connectivity index (χ4v) is 3.29. The van der Waals surface area contributed by atoms with Crippen LogP contribution in [0.1, 0.15) is 34.6 Å². The zero-order valence-corrected chi connectivity index (χ0v) is 10.0. The van der Waals surface area contributed by atoms with E-state index in [0.29, 0.717) is 0 Å². The van der Waals surface area contributed by atoms with E-state index in [1.807, 2.05) is 17.4 Å². The van der Waals surface area contributed by atoms with Crippen LogP contribution in [0.25, 0.3) is 0 Å². The van der Waals surface area contributed by atoms with Crippen molar-refractivity contribution in [2.75, 3.05) is 6.54 Å². The smallest absolute Gasteiger partial charge is 0.0299 e. The fourth-order valence-electron chi connectivity index (χ4n) is 2.06. The molecule has 82 valence electrons. The number of unbranched alkanes of at least 4 members (excludes halogenated alkanes) is 1. The lowest BCUT2D eigenvalue weighted by atomic mass is 10.2. The lowest BCUT2D eigenvalue weighted by Gasteiger charge is -2.00. The van der Waals surface area contributed by atoms with Crippen LogP contribution < -0.4 is 5.32 Å². The maximum absolute atomic E-state index is 3.72. The third-order valence-corrected chi connectivity index (χ3v) is 4.10. The van der Waals surface area contributed by atoms with Crippen molar-refractivity contribution in [3.63, 3.8) is 0 Å². The topological polar surface area (TPSA) is 12.0 Å². The van der Waals surface area contributed by atoms with Gasteiger partial charge in [0, 0.05) is 16.3 Å². The van der Waals surface area contributed by atoms with Gasteiger partial charge >= 0.3 is 0 Å². The Kier molecular flexibility index (Phi) is 3.98. The molecule has 15 heavy (non-hydrogen) atoms. The maximum Gasteiger partial charge on any atom is 0.0299 e. The van der Waals surface area contributed by atoms with Gasteiger partial charge in [-0.1, -0.05) is 6.08 Å². The molecular weight excluding hydrogens is 202 g/mol. The Hall–Kier alpha value is -0.600. The average molecular weight is 221 g/mol. The summed E-state index contributed by atoms with van der Waals surface area (Å²) in [6, 6.07) is 2.40. The van der Waals surface area contributed by atoms with Gasteiger partial charge in [-0.2, -0.15) is 0 Å². The molecule has 1 nitrogen and oxygen atoms in total. The Balaban J connectivity index is 1.72. The van der Waals surface area contributed by atoms with Gasteiger partial charge in [0.1, 0.15) is 0 Å². The third kappa shape index (κ3) is 2.93. The number of thiophene rings is 1. The summed E-state index contributed by atoms with van der Waals surface area (Å²) in [7, 11) is 0. The Morgan fingerprint density at radius 3 is 3.20 bits per heavy atom. The molecule has 1 aromatic heterocycles. The summed E-state index contributed by atoms with van der Waals surface area (Å²) in [6.07, 6.45) is 8.30. The van der Waals surface area contributed by atoms with E-state index in [9.17, 15) is 0 Å². The first-order valence-electron chi connectivity index (χ1n) is 5.82. The predicted octanol–water partition coefficient (Wildman–Crippen LogP) is 3.29. The van der Waals surface area contributed by atoms with Crippen molar-refractivity contribution in [2.45, 2.75) is 38.6 Å². The summed E-state index contributed by atoms with van der Waals surface area (Å²) >= 11 is 2.00. The second kappa shape index (κ2) is 5.47. The number of hydrogen-bond donors (Lipinski definition) is 1. The van der Waals surface area contributed by atoms with Crippen LogP contribution in [0, 0.1) is 0 Å². The standard InChI is InChI=1S/C13H19NS/c1-2-3-4-8-14-10-12-9-11-6-5-7-13(11)15-12/h2,9,14H,1,3-8,10H2. The Morgan fingerprint density at radius 2 is 2.40 bits per heavy atom. The van der Waals surface area contributed by atoms with E-state index in [2.05, 4.69) is 18.0 Å². The van der Waals surface area contributed by atoms with Gasteiger partial charge in [0.15, 0.2) is 0 Å². The van der Waals surface area contributed by atoms with Gasteiger partial charge in [-0.3, -0.25) is 0 Å². The summed E-state index contributed by atoms with van der Waals surface area (Å²) < 4.78 is 0. The number of allylic oxidation sites excluding steroid dienone is 1. The molecule has 0 aromatic carbocycles. The molecule has 0 saturated carbocycles. The van der Waals surface area contributed by atoms with E-state index in [1.165, 1.54) is 30.6 Å². The quantitative estimate of drug-likeness (QED) is 0.574. The minimum atomic E-state index is 1.05. The van der Waals surface area contributed by atoms with Gasteiger partial charge in [0.2, 0.25) is 0 Å². The Labute approximate surface area is 96.2 Å². The summed E-state index contributed by atoms with van der Waals surface area (Å²) in [5.74, 6) is 0. The summed E-state index contributed by atoms with van der Waals surface area (Å²) in [5.41, 5.74) is 1.61. The first-order chi connectivity index (χ1) is 7.40. The van der Waals surface area contributed by atoms with Crippen molar-refractivity contribution in [2.24, 2.45) is 0 Å². The molecule has 1 aliphatic rings. The summed E-state index contributed by atoms with van der Waals surface area (Å²) in [4.78, 5) is 3.15. The van der Waals surface area contributed by atoms with Gasteiger partial charge in [-0.25, -0.2) is 0 Å². The molecule has 2 heteroatoms. The molecule has 1 N–H and O–H groups in total. The zero-order chi connectivity index (χ0) is 10.5. The van der Waals surface area contributed by atoms with Crippen LogP contribution >= 0.6 is 11.3 Å². The molecule has 0 fully saturated rings. The molecule has 0 radical (unpaired) electrons. The van der Waals surface area contributed by atoms with Crippen LogP contribution in [0.4, 0.5) is 0 Å². The monoisotopic (exact) mass is 221 g/mol. The van der Waals surface area contributed by atoms with Crippen LogP contribution in [0.2, 0.25) is 0 Å². The number of aryl methyl sites for hydroxylation is 2. The minimum absolute atomic E-state index is 1.05. The second-order valence-corrected chi connectivity index (χ2v) is 5.34. The lowest BCUT2D eigenvalue weighted by Crippen LogP contribution is -2.13. The van der Waals surface area contributed by atoms with Crippen molar-refractivity contribution in [3.8, 4) is 0 Å². The summed E-state index contributed by atoms with van der Waals surface area (Å²) in [5, 5.41) is 3.49. The zero-order valence-electron chi connectivity index (χ0n) is 9.22. The van der Waals surface area contributed by atoms with Crippen molar-refractivity contribution >= 4 is 11.3 Å². The van der Waals surface area contributed by atoms with Crippen molar-refractivity contribution in [1.82, 2.24) is 5.32 Å². The highest BCUT2D eigenvalue weighted by molar-refractivity contribution is 7.12. The van der Waals surface area contributed by atoms with Gasteiger partial charge in [0.05, 0.1) is 0 Å². The molecule has 1 aliphatic carbocycles. The van der Waals surface area contributed by atoms with E-state index >= 15 is 0 Å². The van der Waals surface area contributed by atoms with Crippen LogP contribution in [0.5, 0.6) is 0 Å². The van der Waals surface area contributed by atoms with Crippen molar-refractivity contribution in [3.05, 3.63) is 34.0 Å². The van der Waals surface area contributed by atoms with Crippen LogP contribution in [0.15, 0.2) is 18.7 Å². The molecule has 0 atom stereocenters. The molecule has 0 unspecified atom stereocenters. The molecule has 0 spiro atoms. The second-order valence-electron chi connectivity index (χ2n) is 4.12. The number of fused-ring (bicyclic) bond motifs is 1. The van der Waals surface area contributed by atoms with E-state index in [4.69, 9.17) is 0 Å². The van der Waals surface area contributed by atoms with E-state index < -0.39 is 0 Å². The SMILES string of the molecule is C=CCCCNCc1cc2c(s1)CCC2. The largest absolute Gasteiger partial charge is 0.312 e. The first kappa shape index (κ1) is 10.9. The van der Waals surface area contributed by atoms with E-state index in [0.717, 1.165) is 19.5 Å². The van der Waals surface area contributed by atoms with Crippen LogP contribution in [-0.2, 0) is 19.4 Å². The van der Waals surface area contributed by atoms with E-state index in [-0.39, 0.29) is 0 Å². The first-order valence-corrected chi connectivity index (χ1v) is 6.64. The Morgan fingerprint density at radius 1 is 1.47 bits per heavy atom. The fraction of sp³-hybridized carbons (Fsp3) is 0.538. The number of nitrogens with one attached hydrogen (secondary N) is 1. The van der Waals surface area contributed by atoms with Gasteiger partial charge in [-0.15, -0.1) is 17.9 Å². The molecule has 0 aliphatic heterocycles. The molecule has 0 bridgehead atoms. The molecule has 1 aromatic rings. The van der Waals surface area contributed by atoms with Crippen molar-refractivity contribution in [1.29, 1.82) is 0 Å². The predicted molar refractivity (Wildman–Crippen MR) is 67.5 cm³/mol. The summed E-state index contributed by atoms with van der Waals surface area (Å²) in [6.45, 7) is 5.88. The van der Waals surface area contributed by atoms with Gasteiger partial charge < -0.3 is 5.32 Å². The number of rotatable bonds is 6. The highest BCUT2D eigenvalue weighted by Gasteiger charge is 2.13. The maximum atomic E-state index is 3.72. The molecule has 0 saturated heterocycles.